The first-order chi connectivity index (χ1) is 10.5. The number of sulfonamides is 1. The highest BCUT2D eigenvalue weighted by molar-refractivity contribution is 7.89. The summed E-state index contributed by atoms with van der Waals surface area (Å²) in [4.78, 5) is 11.4. The smallest absolute Gasteiger partial charge is 0.411 e. The lowest BCUT2D eigenvalue weighted by molar-refractivity contribution is 0.168. The lowest BCUT2D eigenvalue weighted by atomic mass is 10.3. The molecule has 9 heteroatoms. The second kappa shape index (κ2) is 9.19. The van der Waals surface area contributed by atoms with E-state index in [0.717, 1.165) is 0 Å². The second-order valence-corrected chi connectivity index (χ2v) is 6.85. The molecule has 22 heavy (non-hydrogen) atoms. The first-order valence-corrected chi connectivity index (χ1v) is 9.12. The monoisotopic (exact) mass is 368 g/mol. The molecule has 0 saturated carbocycles. The van der Waals surface area contributed by atoms with Crippen LogP contribution in [0, 0.1) is 0 Å². The van der Waals surface area contributed by atoms with Crippen LogP contribution in [-0.2, 0) is 14.8 Å². The summed E-state index contributed by atoms with van der Waals surface area (Å²) in [6.07, 6.45) is -0.594. The largest absolute Gasteiger partial charge is 0.450 e. The SMILES string of the molecule is CCOC(=O)Nc1ccc(S(=O)(=O)N(CCCl)CCCl)cc1. The average molecular weight is 369 g/mol. The first kappa shape index (κ1) is 19.0. The molecule has 0 heterocycles. The molecule has 6 nitrogen and oxygen atoms in total. The van der Waals surface area contributed by atoms with Crippen molar-refractivity contribution in [3.8, 4) is 0 Å². The Bertz CT molecular complexity index is 572. The van der Waals surface area contributed by atoms with Crippen molar-refractivity contribution in [3.05, 3.63) is 24.3 Å². The van der Waals surface area contributed by atoms with Gasteiger partial charge in [-0.25, -0.2) is 13.2 Å². The van der Waals surface area contributed by atoms with Gasteiger partial charge >= 0.3 is 6.09 Å². The number of carbonyl (C=O) groups is 1. The van der Waals surface area contributed by atoms with Gasteiger partial charge in [-0.05, 0) is 31.2 Å². The molecule has 0 aliphatic carbocycles. The maximum Gasteiger partial charge on any atom is 0.411 e. The minimum Gasteiger partial charge on any atom is -0.450 e. The highest BCUT2D eigenvalue weighted by Gasteiger charge is 2.23. The Morgan fingerprint density at radius 3 is 2.18 bits per heavy atom. The Morgan fingerprint density at radius 1 is 1.18 bits per heavy atom. The summed E-state index contributed by atoms with van der Waals surface area (Å²) in [6.45, 7) is 2.31. The molecular formula is C13H18Cl2N2O4S. The third-order valence-electron chi connectivity index (χ3n) is 2.68. The molecule has 1 aromatic carbocycles. The zero-order valence-corrected chi connectivity index (χ0v) is 14.4. The van der Waals surface area contributed by atoms with Crippen molar-refractivity contribution in [1.29, 1.82) is 0 Å². The van der Waals surface area contributed by atoms with Crippen LogP contribution in [0.15, 0.2) is 29.2 Å². The zero-order chi connectivity index (χ0) is 16.6. The summed E-state index contributed by atoms with van der Waals surface area (Å²) < 4.78 is 30.9. The lowest BCUT2D eigenvalue weighted by Crippen LogP contribution is -2.34. The fraction of sp³-hybridized carbons (Fsp3) is 0.462. The predicted molar refractivity (Wildman–Crippen MR) is 87.3 cm³/mol. The third kappa shape index (κ3) is 5.31. The van der Waals surface area contributed by atoms with Gasteiger partial charge in [-0.1, -0.05) is 0 Å². The molecule has 0 saturated heterocycles. The molecule has 0 bridgehead atoms. The van der Waals surface area contributed by atoms with Crippen molar-refractivity contribution in [1.82, 2.24) is 4.31 Å². The number of rotatable bonds is 8. The Morgan fingerprint density at radius 2 is 1.73 bits per heavy atom. The molecule has 0 spiro atoms. The van der Waals surface area contributed by atoms with Crippen LogP contribution < -0.4 is 5.32 Å². The zero-order valence-electron chi connectivity index (χ0n) is 12.1. The van der Waals surface area contributed by atoms with E-state index in [0.29, 0.717) is 5.69 Å². The van der Waals surface area contributed by atoms with Crippen molar-refractivity contribution in [3.63, 3.8) is 0 Å². The molecule has 0 atom stereocenters. The molecule has 124 valence electrons. The molecule has 1 N–H and O–H groups in total. The van der Waals surface area contributed by atoms with Gasteiger partial charge in [0, 0.05) is 30.5 Å². The van der Waals surface area contributed by atoms with Gasteiger partial charge in [-0.3, -0.25) is 5.32 Å². The minimum atomic E-state index is -3.66. The number of alkyl halides is 2. The van der Waals surface area contributed by atoms with Crippen LogP contribution >= 0.6 is 23.2 Å². The van der Waals surface area contributed by atoms with Crippen LogP contribution in [0.4, 0.5) is 10.5 Å². The van der Waals surface area contributed by atoms with Crippen LogP contribution in [0.2, 0.25) is 0 Å². The van der Waals surface area contributed by atoms with E-state index < -0.39 is 16.1 Å². The molecule has 1 aromatic rings. The quantitative estimate of drug-likeness (QED) is 0.715. The number of hydrogen-bond donors (Lipinski definition) is 1. The van der Waals surface area contributed by atoms with Crippen molar-refractivity contribution in [2.24, 2.45) is 0 Å². The van der Waals surface area contributed by atoms with Crippen molar-refractivity contribution in [2.45, 2.75) is 11.8 Å². The number of halogens is 2. The van der Waals surface area contributed by atoms with Gasteiger partial charge in [0.1, 0.15) is 0 Å². The van der Waals surface area contributed by atoms with Crippen LogP contribution in [0.25, 0.3) is 0 Å². The van der Waals surface area contributed by atoms with E-state index >= 15 is 0 Å². The van der Waals surface area contributed by atoms with Crippen LogP contribution in [0.1, 0.15) is 6.92 Å². The second-order valence-electron chi connectivity index (χ2n) is 4.15. The van der Waals surface area contributed by atoms with E-state index in [2.05, 4.69) is 5.32 Å². The number of carbonyl (C=O) groups excluding carboxylic acids is 1. The molecule has 1 rings (SSSR count). The number of hydrogen-bond acceptors (Lipinski definition) is 4. The van der Waals surface area contributed by atoms with E-state index in [1.807, 2.05) is 0 Å². The van der Waals surface area contributed by atoms with Gasteiger partial charge in [-0.15, -0.1) is 23.2 Å². The molecular weight excluding hydrogens is 351 g/mol. The molecule has 0 aromatic heterocycles. The maximum absolute atomic E-state index is 12.4. The average Bonchev–Trinajstić information content (AvgIpc) is 2.48. The maximum atomic E-state index is 12.4. The van der Waals surface area contributed by atoms with Gasteiger partial charge in [-0.2, -0.15) is 4.31 Å². The number of ether oxygens (including phenoxy) is 1. The Kier molecular flexibility index (Phi) is 7.95. The highest BCUT2D eigenvalue weighted by Crippen LogP contribution is 2.18. The normalized spacial score (nSPS) is 11.5. The summed E-state index contributed by atoms with van der Waals surface area (Å²) in [7, 11) is -3.66. The van der Waals surface area contributed by atoms with E-state index in [1.165, 1.54) is 28.6 Å². The standard InChI is InChI=1S/C13H18Cl2N2O4S/c1-2-21-13(18)16-11-3-5-12(6-4-11)22(19,20)17(9-7-14)10-8-15/h3-6H,2,7-10H2,1H3,(H,16,18). The summed E-state index contributed by atoms with van der Waals surface area (Å²) in [5.74, 6) is 0.358. The Hall–Kier alpha value is -1.02. The molecule has 0 aliphatic heterocycles. The number of amides is 1. The summed E-state index contributed by atoms with van der Waals surface area (Å²) in [5, 5.41) is 2.49. The van der Waals surface area contributed by atoms with E-state index in [1.54, 1.807) is 6.92 Å². The minimum absolute atomic E-state index is 0.108. The van der Waals surface area contributed by atoms with Crippen molar-refractivity contribution < 1.29 is 17.9 Å². The topological polar surface area (TPSA) is 75.7 Å². The number of benzene rings is 1. The van der Waals surface area contributed by atoms with Crippen molar-refractivity contribution in [2.75, 3.05) is 36.8 Å². The van der Waals surface area contributed by atoms with Gasteiger partial charge in [0.2, 0.25) is 10.0 Å². The van der Waals surface area contributed by atoms with E-state index in [4.69, 9.17) is 27.9 Å². The predicted octanol–water partition coefficient (Wildman–Crippen LogP) is 2.72. The van der Waals surface area contributed by atoms with Crippen molar-refractivity contribution >= 4 is 45.0 Å². The number of nitrogens with zero attached hydrogens (tertiary/aromatic N) is 1. The van der Waals surface area contributed by atoms with Gasteiger partial charge < -0.3 is 4.74 Å². The summed E-state index contributed by atoms with van der Waals surface area (Å²) in [5.41, 5.74) is 0.443. The summed E-state index contributed by atoms with van der Waals surface area (Å²) >= 11 is 11.3. The fourth-order valence-corrected chi connectivity index (χ4v) is 3.74. The van der Waals surface area contributed by atoms with Gasteiger partial charge in [0.15, 0.2) is 0 Å². The van der Waals surface area contributed by atoms with Gasteiger partial charge in [0.25, 0.3) is 0 Å². The Balaban J connectivity index is 2.89. The van der Waals surface area contributed by atoms with E-state index in [9.17, 15) is 13.2 Å². The highest BCUT2D eigenvalue weighted by atomic mass is 35.5. The molecule has 1 amide bonds. The third-order valence-corrected chi connectivity index (χ3v) is 4.93. The molecule has 0 aliphatic rings. The number of anilines is 1. The molecule has 0 radical (unpaired) electrons. The first-order valence-electron chi connectivity index (χ1n) is 6.61. The Labute approximate surface area is 140 Å². The molecule has 0 fully saturated rings. The van der Waals surface area contributed by atoms with Gasteiger partial charge in [0.05, 0.1) is 11.5 Å². The van der Waals surface area contributed by atoms with Crippen LogP contribution in [-0.4, -0.2) is 50.3 Å². The lowest BCUT2D eigenvalue weighted by Gasteiger charge is -2.20. The summed E-state index contributed by atoms with van der Waals surface area (Å²) in [6, 6.07) is 5.80. The van der Waals surface area contributed by atoms with Crippen LogP contribution in [0.3, 0.4) is 0 Å². The van der Waals surface area contributed by atoms with Crippen LogP contribution in [0.5, 0.6) is 0 Å². The fourth-order valence-electron chi connectivity index (χ4n) is 1.69. The molecule has 0 unspecified atom stereocenters. The van der Waals surface area contributed by atoms with E-state index in [-0.39, 0.29) is 36.4 Å². The number of nitrogens with one attached hydrogen (secondary N) is 1.